The fourth-order valence-electron chi connectivity index (χ4n) is 3.90. The first kappa shape index (κ1) is 29.3. The summed E-state index contributed by atoms with van der Waals surface area (Å²) < 4.78 is 41.8. The molecule has 0 radical (unpaired) electrons. The van der Waals surface area contributed by atoms with E-state index in [0.717, 1.165) is 9.87 Å². The number of sulfonamides is 1. The molecule has 0 bridgehead atoms. The highest BCUT2D eigenvalue weighted by Crippen LogP contribution is 2.20. The highest BCUT2D eigenvalue weighted by Gasteiger charge is 2.33. The molecule has 0 aliphatic heterocycles. The molecule has 2 amide bonds. The van der Waals surface area contributed by atoms with Crippen molar-refractivity contribution in [2.45, 2.75) is 43.8 Å². The number of rotatable bonds is 11. The molecule has 7 nitrogen and oxygen atoms in total. The van der Waals surface area contributed by atoms with Gasteiger partial charge in [0.05, 0.1) is 11.4 Å². The molecule has 38 heavy (non-hydrogen) atoms. The molecule has 1 atom stereocenters. The van der Waals surface area contributed by atoms with E-state index in [1.807, 2.05) is 30.3 Å². The first-order valence-electron chi connectivity index (χ1n) is 12.1. The Hall–Kier alpha value is -3.27. The minimum Gasteiger partial charge on any atom is -0.352 e. The topological polar surface area (TPSA) is 86.8 Å². The Morgan fingerprint density at radius 2 is 1.55 bits per heavy atom. The summed E-state index contributed by atoms with van der Waals surface area (Å²) >= 11 is 5.89. The summed E-state index contributed by atoms with van der Waals surface area (Å²) in [5, 5.41) is 3.22. The SMILES string of the molecule is CC(C)NC(=O)[C@@H](Cc1ccccc1)N(Cc1ccccc1F)C(=O)CN(C)S(=O)(=O)c1ccc(Cl)cc1. The van der Waals surface area contributed by atoms with Crippen molar-refractivity contribution in [3.63, 3.8) is 0 Å². The zero-order valence-corrected chi connectivity index (χ0v) is 23.0. The number of likely N-dealkylation sites (N-methyl/N-ethyl adjacent to an activating group) is 1. The van der Waals surface area contributed by atoms with Gasteiger partial charge in [-0.25, -0.2) is 12.8 Å². The maximum Gasteiger partial charge on any atom is 0.243 e. The summed E-state index contributed by atoms with van der Waals surface area (Å²) in [7, 11) is -2.76. The van der Waals surface area contributed by atoms with Crippen LogP contribution in [0.25, 0.3) is 0 Å². The van der Waals surface area contributed by atoms with Crippen molar-refractivity contribution in [1.29, 1.82) is 0 Å². The highest BCUT2D eigenvalue weighted by molar-refractivity contribution is 7.89. The third-order valence-electron chi connectivity index (χ3n) is 5.88. The molecule has 0 unspecified atom stereocenters. The van der Waals surface area contributed by atoms with Crippen LogP contribution in [0.2, 0.25) is 5.02 Å². The van der Waals surface area contributed by atoms with Gasteiger partial charge in [0.15, 0.2) is 0 Å². The van der Waals surface area contributed by atoms with Crippen molar-refractivity contribution >= 4 is 33.4 Å². The molecule has 0 aliphatic rings. The molecule has 0 aromatic heterocycles. The summed E-state index contributed by atoms with van der Waals surface area (Å²) in [5.41, 5.74) is 1.00. The number of nitrogens with zero attached hydrogens (tertiary/aromatic N) is 2. The van der Waals surface area contributed by atoms with Crippen LogP contribution in [0.1, 0.15) is 25.0 Å². The maximum absolute atomic E-state index is 14.7. The van der Waals surface area contributed by atoms with E-state index in [2.05, 4.69) is 5.32 Å². The third kappa shape index (κ3) is 7.63. The minimum atomic E-state index is -4.04. The Balaban J connectivity index is 1.98. The van der Waals surface area contributed by atoms with E-state index in [4.69, 9.17) is 11.6 Å². The van der Waals surface area contributed by atoms with E-state index in [1.165, 1.54) is 54.4 Å². The van der Waals surface area contributed by atoms with Gasteiger partial charge in [0, 0.05) is 36.6 Å². The van der Waals surface area contributed by atoms with Gasteiger partial charge < -0.3 is 10.2 Å². The lowest BCUT2D eigenvalue weighted by atomic mass is 10.0. The van der Waals surface area contributed by atoms with E-state index in [1.54, 1.807) is 19.9 Å². The Bertz CT molecular complexity index is 1350. The largest absolute Gasteiger partial charge is 0.352 e. The molecular formula is C28H31ClFN3O4S. The monoisotopic (exact) mass is 559 g/mol. The first-order valence-corrected chi connectivity index (χ1v) is 13.9. The van der Waals surface area contributed by atoms with E-state index < -0.39 is 40.2 Å². The molecule has 202 valence electrons. The number of nitrogens with one attached hydrogen (secondary N) is 1. The normalized spacial score (nSPS) is 12.4. The van der Waals surface area contributed by atoms with Crippen molar-refractivity contribution < 1.29 is 22.4 Å². The molecule has 10 heteroatoms. The van der Waals surface area contributed by atoms with Crippen molar-refractivity contribution in [2.75, 3.05) is 13.6 Å². The molecule has 1 N–H and O–H groups in total. The standard InChI is InChI=1S/C28H31ClFN3O4S/c1-20(2)31-28(35)26(17-21-9-5-4-6-10-21)33(18-22-11-7-8-12-25(22)30)27(34)19-32(3)38(36,37)24-15-13-23(29)14-16-24/h4-16,20,26H,17-19H2,1-3H3,(H,31,35)/t26-/m1/s1. The average Bonchev–Trinajstić information content (AvgIpc) is 2.87. The van der Waals surface area contributed by atoms with Gasteiger partial charge in [0.1, 0.15) is 11.9 Å². The molecule has 0 fully saturated rings. The molecule has 3 aromatic rings. The Kier molecular flexibility index (Phi) is 10.0. The average molecular weight is 560 g/mol. The second-order valence-electron chi connectivity index (χ2n) is 9.20. The van der Waals surface area contributed by atoms with Crippen molar-refractivity contribution in [3.8, 4) is 0 Å². The molecular weight excluding hydrogens is 529 g/mol. The van der Waals surface area contributed by atoms with Crippen LogP contribution in [0.3, 0.4) is 0 Å². The first-order chi connectivity index (χ1) is 18.0. The molecule has 0 saturated heterocycles. The van der Waals surface area contributed by atoms with Gasteiger partial charge in [-0.2, -0.15) is 4.31 Å². The van der Waals surface area contributed by atoms with Crippen molar-refractivity contribution in [1.82, 2.24) is 14.5 Å². The number of halogens is 2. The molecule has 0 spiro atoms. The fourth-order valence-corrected chi connectivity index (χ4v) is 5.14. The summed E-state index contributed by atoms with van der Waals surface area (Å²) in [4.78, 5) is 28.3. The van der Waals surface area contributed by atoms with E-state index in [0.29, 0.717) is 5.02 Å². The number of hydrogen-bond donors (Lipinski definition) is 1. The minimum absolute atomic E-state index is 0.0313. The number of carbonyl (C=O) groups excluding carboxylic acids is 2. The van der Waals surface area contributed by atoms with Crippen LogP contribution in [-0.2, 0) is 32.6 Å². The Morgan fingerprint density at radius 1 is 0.947 bits per heavy atom. The zero-order chi connectivity index (χ0) is 27.9. The van der Waals surface area contributed by atoms with Crippen LogP contribution >= 0.6 is 11.6 Å². The molecule has 0 heterocycles. The van der Waals surface area contributed by atoms with Crippen LogP contribution < -0.4 is 5.32 Å². The lowest BCUT2D eigenvalue weighted by Gasteiger charge is -2.33. The van der Waals surface area contributed by atoms with Gasteiger partial charge in [-0.3, -0.25) is 9.59 Å². The summed E-state index contributed by atoms with van der Waals surface area (Å²) in [6, 6.07) is 19.5. The predicted molar refractivity (Wildman–Crippen MR) is 145 cm³/mol. The molecule has 0 aliphatic carbocycles. The summed E-state index contributed by atoms with van der Waals surface area (Å²) in [6.45, 7) is 2.82. The number of amides is 2. The Morgan fingerprint density at radius 3 is 2.16 bits per heavy atom. The molecule has 3 aromatic carbocycles. The number of benzene rings is 3. The van der Waals surface area contributed by atoms with Crippen LogP contribution in [0.15, 0.2) is 83.8 Å². The van der Waals surface area contributed by atoms with Gasteiger partial charge in [-0.05, 0) is 49.7 Å². The van der Waals surface area contributed by atoms with E-state index in [9.17, 15) is 22.4 Å². The smallest absolute Gasteiger partial charge is 0.243 e. The fraction of sp³-hybridized carbons (Fsp3) is 0.286. The van der Waals surface area contributed by atoms with Crippen LogP contribution in [0.5, 0.6) is 0 Å². The van der Waals surface area contributed by atoms with Gasteiger partial charge >= 0.3 is 0 Å². The van der Waals surface area contributed by atoms with E-state index in [-0.39, 0.29) is 29.5 Å². The van der Waals surface area contributed by atoms with Crippen molar-refractivity contribution in [2.24, 2.45) is 0 Å². The second kappa shape index (κ2) is 13.0. The molecule has 0 saturated carbocycles. The second-order valence-corrected chi connectivity index (χ2v) is 11.7. The maximum atomic E-state index is 14.7. The number of carbonyl (C=O) groups is 2. The lowest BCUT2D eigenvalue weighted by molar-refractivity contribution is -0.141. The molecule has 3 rings (SSSR count). The van der Waals surface area contributed by atoms with E-state index >= 15 is 0 Å². The summed E-state index contributed by atoms with van der Waals surface area (Å²) in [6.07, 6.45) is 0.160. The summed E-state index contributed by atoms with van der Waals surface area (Å²) in [5.74, 6) is -1.60. The highest BCUT2D eigenvalue weighted by atomic mass is 35.5. The van der Waals surface area contributed by atoms with Gasteiger partial charge in [-0.15, -0.1) is 0 Å². The predicted octanol–water partition coefficient (Wildman–Crippen LogP) is 4.26. The zero-order valence-electron chi connectivity index (χ0n) is 21.5. The van der Waals surface area contributed by atoms with Crippen molar-refractivity contribution in [3.05, 3.63) is 101 Å². The quantitative estimate of drug-likeness (QED) is 0.380. The van der Waals surface area contributed by atoms with Crippen LogP contribution in [0.4, 0.5) is 4.39 Å². The number of hydrogen-bond acceptors (Lipinski definition) is 4. The Labute approximate surface area is 228 Å². The van der Waals surface area contributed by atoms with Gasteiger partial charge in [-0.1, -0.05) is 60.1 Å². The van der Waals surface area contributed by atoms with Crippen LogP contribution in [-0.4, -0.2) is 55.1 Å². The third-order valence-corrected chi connectivity index (χ3v) is 7.95. The van der Waals surface area contributed by atoms with Gasteiger partial charge in [0.25, 0.3) is 0 Å². The van der Waals surface area contributed by atoms with Crippen LogP contribution in [0, 0.1) is 5.82 Å². The lowest BCUT2D eigenvalue weighted by Crippen LogP contribution is -2.54. The van der Waals surface area contributed by atoms with Gasteiger partial charge in [0.2, 0.25) is 21.8 Å².